The van der Waals surface area contributed by atoms with E-state index < -0.39 is 169 Å². The van der Waals surface area contributed by atoms with E-state index in [1.807, 2.05) is 0 Å². The minimum atomic E-state index is -1.75. The van der Waals surface area contributed by atoms with Crippen LogP contribution in [-0.2, 0) is 64.0 Å². The van der Waals surface area contributed by atoms with Crippen molar-refractivity contribution in [2.75, 3.05) is 31.0 Å². The van der Waals surface area contributed by atoms with Gasteiger partial charge in [0.05, 0.1) is 25.7 Å². The molecule has 0 heterocycles. The van der Waals surface area contributed by atoms with E-state index >= 15 is 0 Å². The van der Waals surface area contributed by atoms with Crippen molar-refractivity contribution >= 4 is 95.5 Å². The Labute approximate surface area is 447 Å². The van der Waals surface area contributed by atoms with Crippen LogP contribution in [0.1, 0.15) is 72.3 Å². The van der Waals surface area contributed by atoms with Crippen molar-refractivity contribution < 1.29 is 88.2 Å². The van der Waals surface area contributed by atoms with Gasteiger partial charge in [-0.05, 0) is 60.8 Å². The molecule has 0 saturated heterocycles. The van der Waals surface area contributed by atoms with Gasteiger partial charge in [0.15, 0.2) is 0 Å². The second kappa shape index (κ2) is 34.0. The topological polar surface area (TPSA) is 461 Å². The van der Waals surface area contributed by atoms with Crippen LogP contribution in [0, 0.1) is 11.8 Å². The summed E-state index contributed by atoms with van der Waals surface area (Å²) < 4.78 is 0. The summed E-state index contributed by atoms with van der Waals surface area (Å²) in [5, 5.41) is 78.8. The highest BCUT2D eigenvalue weighted by molar-refractivity contribution is 7.98. The van der Waals surface area contributed by atoms with Gasteiger partial charge < -0.3 is 84.2 Å². The number of phenols is 1. The first-order valence-corrected chi connectivity index (χ1v) is 25.9. The van der Waals surface area contributed by atoms with Gasteiger partial charge in [-0.15, -0.1) is 0 Å². The number of phenolic OH excluding ortho intramolecular Hbond substituents is 1. The Morgan fingerprint density at radius 1 is 0.539 bits per heavy atom. The summed E-state index contributed by atoms with van der Waals surface area (Å²) >= 11 is 5.41. The molecular weight excluding hydrogens is 1040 g/mol. The number of aliphatic hydroxyl groups is 2. The molecule has 0 aliphatic rings. The number of nitrogens with two attached hydrogens (primary N) is 1. The number of thiol groups is 1. The predicted molar refractivity (Wildman–Crippen MR) is 275 cm³/mol. The molecule has 76 heavy (non-hydrogen) atoms. The monoisotopic (exact) mass is 1120 g/mol. The molecule has 17 N–H and O–H groups in total. The molecule has 0 radical (unpaired) electrons. The standard InChI is InChI=1S/C46H72N10O18S2/c1-7-26(48-44(71)35(21(2)3)56-45(72)36(22(4)5)55-40(67)28(17-34(62)63)50-37(64)25(47)12-13-33(60)61)38(65)54-32(20-75)43(70)53-30(18-57)41(68)49-27(14-15-76-6)39(66)52-31(19-58)42(69)51-29(46(73)74)16-23-8-10-24(59)11-9-23/h8-11,21-22,25-32,35-36,57-59,75H,7,12-20,47H2,1-6H3,(H,48,71)(H,49,68)(H,50,64)(H,51,69)(H,52,66)(H,53,70)(H,54,65)(H,55,67)(H,56,72)(H,60,61)(H,62,63)(H,73,74)/t25-,26-,27-,28-,29-,30-,31-,32-,35-,36-/m0/s1. The van der Waals surface area contributed by atoms with Crippen LogP contribution in [0.2, 0.25) is 0 Å². The van der Waals surface area contributed by atoms with Gasteiger partial charge in [0.25, 0.3) is 0 Å². The maximum Gasteiger partial charge on any atom is 0.326 e. The normalized spacial score (nSPS) is 15.1. The van der Waals surface area contributed by atoms with Crippen molar-refractivity contribution in [2.45, 2.75) is 134 Å². The maximum atomic E-state index is 13.7. The van der Waals surface area contributed by atoms with Gasteiger partial charge in [0.1, 0.15) is 60.1 Å². The molecule has 30 heteroatoms. The zero-order valence-corrected chi connectivity index (χ0v) is 44.5. The minimum absolute atomic E-state index is 0.0648. The molecule has 0 bridgehead atoms. The zero-order valence-electron chi connectivity index (χ0n) is 42.8. The first-order chi connectivity index (χ1) is 35.6. The third-order valence-corrected chi connectivity index (χ3v) is 12.2. The number of rotatable bonds is 35. The van der Waals surface area contributed by atoms with E-state index in [2.05, 4.69) is 60.5 Å². The second-order valence-electron chi connectivity index (χ2n) is 18.0. The Kier molecular flexibility index (Phi) is 30.1. The van der Waals surface area contributed by atoms with Crippen molar-refractivity contribution in [3.8, 4) is 5.75 Å². The number of amides is 9. The summed E-state index contributed by atoms with van der Waals surface area (Å²) in [6.45, 7) is 5.65. The van der Waals surface area contributed by atoms with Crippen LogP contribution in [0.25, 0.3) is 0 Å². The van der Waals surface area contributed by atoms with Crippen LogP contribution in [0.15, 0.2) is 24.3 Å². The van der Waals surface area contributed by atoms with Gasteiger partial charge in [-0.2, -0.15) is 24.4 Å². The molecule has 0 saturated carbocycles. The van der Waals surface area contributed by atoms with Gasteiger partial charge in [0.2, 0.25) is 53.2 Å². The molecule has 0 unspecified atom stereocenters. The summed E-state index contributed by atoms with van der Waals surface area (Å²) in [4.78, 5) is 155. The molecule has 1 rings (SSSR count). The molecular formula is C46H72N10O18S2. The number of hydrogen-bond donors (Lipinski definition) is 17. The van der Waals surface area contributed by atoms with E-state index in [4.69, 9.17) is 10.8 Å². The summed E-state index contributed by atoms with van der Waals surface area (Å²) in [6, 6.07) is -9.66. The molecule has 426 valence electrons. The summed E-state index contributed by atoms with van der Waals surface area (Å²) in [7, 11) is 0. The number of carbonyl (C=O) groups is 12. The number of carboxylic acids is 3. The highest BCUT2D eigenvalue weighted by atomic mass is 32.2. The first kappa shape index (κ1) is 67.3. The first-order valence-electron chi connectivity index (χ1n) is 23.9. The number of thioether (sulfide) groups is 1. The Balaban J connectivity index is 3.11. The van der Waals surface area contributed by atoms with Crippen molar-refractivity contribution in [1.29, 1.82) is 0 Å². The lowest BCUT2D eigenvalue weighted by Gasteiger charge is -2.29. The fraction of sp³-hybridized carbons (Fsp3) is 0.609. The van der Waals surface area contributed by atoms with Gasteiger partial charge in [0, 0.05) is 18.6 Å². The molecule has 0 spiro atoms. The lowest BCUT2D eigenvalue weighted by molar-refractivity contribution is -0.142. The Morgan fingerprint density at radius 2 is 0.947 bits per heavy atom. The Hall–Kier alpha value is -6.76. The number of aromatic hydroxyl groups is 1. The molecule has 28 nitrogen and oxygen atoms in total. The summed E-state index contributed by atoms with van der Waals surface area (Å²) in [5.74, 6) is -14.8. The quantitative estimate of drug-likeness (QED) is 0.0285. The molecule has 1 aromatic carbocycles. The number of hydrogen-bond acceptors (Lipinski definition) is 18. The van der Waals surface area contributed by atoms with Crippen molar-refractivity contribution in [2.24, 2.45) is 17.6 Å². The third kappa shape index (κ3) is 23.4. The molecule has 9 amide bonds. The maximum absolute atomic E-state index is 13.7. The van der Waals surface area contributed by atoms with Crippen molar-refractivity contribution in [1.82, 2.24) is 47.9 Å². The van der Waals surface area contributed by atoms with Crippen LogP contribution in [-0.4, -0.2) is 193 Å². The van der Waals surface area contributed by atoms with E-state index in [1.165, 1.54) is 56.8 Å². The van der Waals surface area contributed by atoms with Crippen LogP contribution < -0.4 is 53.6 Å². The van der Waals surface area contributed by atoms with Gasteiger partial charge in [-0.1, -0.05) is 46.8 Å². The highest BCUT2D eigenvalue weighted by Crippen LogP contribution is 2.13. The highest BCUT2D eigenvalue weighted by Gasteiger charge is 2.37. The van der Waals surface area contributed by atoms with Gasteiger partial charge in [-0.3, -0.25) is 52.7 Å². The molecule has 10 atom stereocenters. The van der Waals surface area contributed by atoms with Crippen molar-refractivity contribution in [3.05, 3.63) is 29.8 Å². The average molecular weight is 1120 g/mol. The smallest absolute Gasteiger partial charge is 0.326 e. The van der Waals surface area contributed by atoms with E-state index in [0.717, 1.165) is 0 Å². The van der Waals surface area contributed by atoms with Crippen LogP contribution >= 0.6 is 24.4 Å². The Morgan fingerprint density at radius 3 is 1.39 bits per heavy atom. The fourth-order valence-electron chi connectivity index (χ4n) is 6.77. The van der Waals surface area contributed by atoms with Crippen LogP contribution in [0.4, 0.5) is 0 Å². The number of aliphatic hydroxyl groups excluding tert-OH is 2. The van der Waals surface area contributed by atoms with Crippen LogP contribution in [0.5, 0.6) is 5.75 Å². The average Bonchev–Trinajstić information content (AvgIpc) is 3.35. The minimum Gasteiger partial charge on any atom is -0.508 e. The van der Waals surface area contributed by atoms with E-state index in [0.29, 0.717) is 5.56 Å². The van der Waals surface area contributed by atoms with Crippen LogP contribution in [0.3, 0.4) is 0 Å². The number of carbonyl (C=O) groups excluding carboxylic acids is 9. The fourth-order valence-corrected chi connectivity index (χ4v) is 7.50. The lowest BCUT2D eigenvalue weighted by Crippen LogP contribution is -2.62. The summed E-state index contributed by atoms with van der Waals surface area (Å²) in [6.07, 6.45) is -0.422. The van der Waals surface area contributed by atoms with E-state index in [-0.39, 0.29) is 42.9 Å². The van der Waals surface area contributed by atoms with E-state index in [9.17, 15) is 83.1 Å². The number of aliphatic carboxylic acids is 3. The molecule has 0 fully saturated rings. The molecule has 0 aromatic heterocycles. The molecule has 0 aliphatic carbocycles. The largest absolute Gasteiger partial charge is 0.508 e. The predicted octanol–water partition coefficient (Wildman–Crippen LogP) is -4.56. The Bertz CT molecular complexity index is 2190. The molecule has 1 aromatic rings. The van der Waals surface area contributed by atoms with Crippen molar-refractivity contribution in [3.63, 3.8) is 0 Å². The van der Waals surface area contributed by atoms with Gasteiger partial charge in [-0.25, -0.2) is 4.79 Å². The number of carboxylic acid groups (broad SMARTS) is 3. The number of benzene rings is 1. The van der Waals surface area contributed by atoms with Gasteiger partial charge >= 0.3 is 17.9 Å². The van der Waals surface area contributed by atoms with E-state index in [1.54, 1.807) is 20.1 Å². The lowest BCUT2D eigenvalue weighted by atomic mass is 9.98. The molecule has 0 aliphatic heterocycles. The third-order valence-electron chi connectivity index (χ3n) is 11.2. The second-order valence-corrected chi connectivity index (χ2v) is 19.3. The SMILES string of the molecule is CC[C@H](NC(=O)[C@@H](NC(=O)[C@@H](NC(=O)[C@H](CC(=O)O)NC(=O)[C@@H](N)CCC(=O)O)C(C)C)C(C)C)C(=O)N[C@@H](CS)C(=O)N[C@@H](CO)C(=O)N[C@@H](CCSC)C(=O)N[C@@H](CO)C(=O)N[C@@H](Cc1ccc(O)cc1)C(=O)O. The number of nitrogens with one attached hydrogen (secondary N) is 9. The summed E-state index contributed by atoms with van der Waals surface area (Å²) in [5.41, 5.74) is 6.15. The zero-order chi connectivity index (χ0) is 58.0.